The summed E-state index contributed by atoms with van der Waals surface area (Å²) in [5.41, 5.74) is 1.64. The zero-order valence-corrected chi connectivity index (χ0v) is 9.66. The van der Waals surface area contributed by atoms with Gasteiger partial charge in [-0.05, 0) is 26.2 Å². The molecule has 1 aliphatic rings. The Morgan fingerprint density at radius 1 is 1.50 bits per heavy atom. The first-order valence-electron chi connectivity index (χ1n) is 5.81. The van der Waals surface area contributed by atoms with Crippen molar-refractivity contribution in [2.45, 2.75) is 32.2 Å². The Labute approximate surface area is 96.2 Å². The van der Waals surface area contributed by atoms with Gasteiger partial charge in [0, 0.05) is 12.6 Å². The Balaban J connectivity index is 2.03. The van der Waals surface area contributed by atoms with E-state index in [0.29, 0.717) is 6.04 Å². The molecule has 16 heavy (non-hydrogen) atoms. The van der Waals surface area contributed by atoms with Gasteiger partial charge in [0.05, 0.1) is 18.1 Å². The number of anilines is 1. The van der Waals surface area contributed by atoms with E-state index in [9.17, 15) is 0 Å². The molecule has 4 heteroatoms. The molecule has 0 atom stereocenters. The summed E-state index contributed by atoms with van der Waals surface area (Å²) in [5.74, 6) is 0.848. The molecule has 1 fully saturated rings. The first-order valence-corrected chi connectivity index (χ1v) is 5.81. The highest BCUT2D eigenvalue weighted by atomic mass is 15.1. The Morgan fingerprint density at radius 2 is 2.31 bits per heavy atom. The van der Waals surface area contributed by atoms with E-state index < -0.39 is 0 Å². The lowest BCUT2D eigenvalue weighted by Gasteiger charge is -2.26. The van der Waals surface area contributed by atoms with E-state index in [1.165, 1.54) is 19.3 Å². The van der Waals surface area contributed by atoms with Crippen LogP contribution in [0.25, 0.3) is 5.70 Å². The normalized spacial score (nSPS) is 15.3. The minimum absolute atomic E-state index is 0.581. The lowest BCUT2D eigenvalue weighted by molar-refractivity contribution is 0.444. The molecule has 4 nitrogen and oxygen atoms in total. The quantitative estimate of drug-likeness (QED) is 0.794. The molecule has 0 aromatic carbocycles. The maximum Gasteiger partial charge on any atom is 0.145 e. The van der Waals surface area contributed by atoms with Crippen LogP contribution in [0, 0.1) is 0 Å². The van der Waals surface area contributed by atoms with Crippen LogP contribution in [-0.4, -0.2) is 22.6 Å². The summed E-state index contributed by atoms with van der Waals surface area (Å²) in [5, 5.41) is 6.52. The minimum atomic E-state index is 0.581. The summed E-state index contributed by atoms with van der Waals surface area (Å²) in [6.07, 6.45) is 7.28. The number of hydrogen-bond donors (Lipinski definition) is 2. The standard InChI is InChI=1S/C12H18N4/c1-3-14-9(2)11-7-13-8-12(16-11)15-10-5-4-6-10/h7-8,10,14H,2-6H2,1H3,(H,15,16). The first kappa shape index (κ1) is 10.9. The number of nitrogens with zero attached hydrogens (tertiary/aromatic N) is 2. The summed E-state index contributed by atoms with van der Waals surface area (Å²) in [6, 6.07) is 0.581. The van der Waals surface area contributed by atoms with Gasteiger partial charge in [-0.25, -0.2) is 4.98 Å². The molecular weight excluding hydrogens is 200 g/mol. The van der Waals surface area contributed by atoms with Gasteiger partial charge in [0.2, 0.25) is 0 Å². The highest BCUT2D eigenvalue weighted by Crippen LogP contribution is 2.22. The van der Waals surface area contributed by atoms with E-state index in [4.69, 9.17) is 0 Å². The highest BCUT2D eigenvalue weighted by Gasteiger charge is 2.17. The van der Waals surface area contributed by atoms with Crippen LogP contribution in [0.4, 0.5) is 5.82 Å². The maximum atomic E-state index is 4.48. The van der Waals surface area contributed by atoms with Gasteiger partial charge in [0.1, 0.15) is 11.5 Å². The lowest BCUT2D eigenvalue weighted by Crippen LogP contribution is -2.27. The molecule has 1 saturated carbocycles. The van der Waals surface area contributed by atoms with E-state index in [1.54, 1.807) is 12.4 Å². The Bertz CT molecular complexity index is 371. The molecule has 0 bridgehead atoms. The third-order valence-corrected chi connectivity index (χ3v) is 2.79. The molecule has 2 rings (SSSR count). The fourth-order valence-electron chi connectivity index (χ4n) is 1.65. The number of hydrogen-bond acceptors (Lipinski definition) is 4. The third-order valence-electron chi connectivity index (χ3n) is 2.79. The summed E-state index contributed by atoms with van der Waals surface area (Å²) >= 11 is 0. The molecular formula is C12H18N4. The van der Waals surface area contributed by atoms with Gasteiger partial charge in [-0.3, -0.25) is 4.98 Å². The molecule has 0 amide bonds. The summed E-state index contributed by atoms with van der Waals surface area (Å²) < 4.78 is 0. The summed E-state index contributed by atoms with van der Waals surface area (Å²) in [7, 11) is 0. The second-order valence-electron chi connectivity index (χ2n) is 4.07. The summed E-state index contributed by atoms with van der Waals surface area (Å²) in [6.45, 7) is 6.81. The molecule has 86 valence electrons. The number of nitrogens with one attached hydrogen (secondary N) is 2. The van der Waals surface area contributed by atoms with E-state index in [-0.39, 0.29) is 0 Å². The molecule has 0 radical (unpaired) electrons. The molecule has 2 N–H and O–H groups in total. The maximum absolute atomic E-state index is 4.48. The van der Waals surface area contributed by atoms with Crippen molar-refractivity contribution in [3.05, 3.63) is 24.7 Å². The topological polar surface area (TPSA) is 49.8 Å². The van der Waals surface area contributed by atoms with Crippen molar-refractivity contribution >= 4 is 11.5 Å². The van der Waals surface area contributed by atoms with Gasteiger partial charge >= 0.3 is 0 Å². The van der Waals surface area contributed by atoms with Crippen LogP contribution in [0.3, 0.4) is 0 Å². The van der Waals surface area contributed by atoms with Gasteiger partial charge in [-0.1, -0.05) is 6.58 Å². The predicted octanol–water partition coefficient (Wildman–Crippen LogP) is 2.02. The monoisotopic (exact) mass is 218 g/mol. The van der Waals surface area contributed by atoms with Crippen molar-refractivity contribution in [1.29, 1.82) is 0 Å². The second kappa shape index (κ2) is 4.96. The fraction of sp³-hybridized carbons (Fsp3) is 0.500. The molecule has 1 heterocycles. The second-order valence-corrected chi connectivity index (χ2v) is 4.07. The fourth-order valence-corrected chi connectivity index (χ4v) is 1.65. The number of aromatic nitrogens is 2. The number of rotatable bonds is 5. The van der Waals surface area contributed by atoms with Crippen molar-refractivity contribution in [2.75, 3.05) is 11.9 Å². The largest absolute Gasteiger partial charge is 0.384 e. The van der Waals surface area contributed by atoms with Crippen LogP contribution in [-0.2, 0) is 0 Å². The Kier molecular flexibility index (Phi) is 3.39. The van der Waals surface area contributed by atoms with Crippen molar-refractivity contribution in [3.8, 4) is 0 Å². The molecule has 0 aliphatic heterocycles. The third kappa shape index (κ3) is 2.51. The Morgan fingerprint density at radius 3 is 2.94 bits per heavy atom. The van der Waals surface area contributed by atoms with Crippen LogP contribution < -0.4 is 10.6 Å². The van der Waals surface area contributed by atoms with Crippen LogP contribution in [0.5, 0.6) is 0 Å². The molecule has 0 saturated heterocycles. The van der Waals surface area contributed by atoms with Gasteiger partial charge < -0.3 is 10.6 Å². The SMILES string of the molecule is C=C(NCC)c1cncc(NC2CCC2)n1. The molecule has 0 unspecified atom stereocenters. The van der Waals surface area contributed by atoms with E-state index in [1.807, 2.05) is 6.92 Å². The molecule has 0 spiro atoms. The predicted molar refractivity (Wildman–Crippen MR) is 66.0 cm³/mol. The van der Waals surface area contributed by atoms with Crippen molar-refractivity contribution < 1.29 is 0 Å². The minimum Gasteiger partial charge on any atom is -0.384 e. The smallest absolute Gasteiger partial charge is 0.145 e. The molecule has 1 aromatic heterocycles. The zero-order chi connectivity index (χ0) is 11.4. The van der Waals surface area contributed by atoms with Crippen LogP contribution in [0.1, 0.15) is 31.9 Å². The molecule has 1 aromatic rings. The van der Waals surface area contributed by atoms with Crippen LogP contribution in [0.2, 0.25) is 0 Å². The zero-order valence-electron chi connectivity index (χ0n) is 9.66. The highest BCUT2D eigenvalue weighted by molar-refractivity contribution is 5.58. The Hall–Kier alpha value is -1.58. The van der Waals surface area contributed by atoms with Gasteiger partial charge in [0.15, 0.2) is 0 Å². The van der Waals surface area contributed by atoms with Gasteiger partial charge in [-0.2, -0.15) is 0 Å². The molecule has 1 aliphatic carbocycles. The van der Waals surface area contributed by atoms with Gasteiger partial charge in [-0.15, -0.1) is 0 Å². The van der Waals surface area contributed by atoms with Crippen molar-refractivity contribution in [1.82, 2.24) is 15.3 Å². The van der Waals surface area contributed by atoms with Gasteiger partial charge in [0.25, 0.3) is 0 Å². The van der Waals surface area contributed by atoms with Crippen molar-refractivity contribution in [2.24, 2.45) is 0 Å². The average molecular weight is 218 g/mol. The van der Waals surface area contributed by atoms with E-state index >= 15 is 0 Å². The first-order chi connectivity index (χ1) is 7.79. The average Bonchev–Trinajstić information content (AvgIpc) is 2.24. The van der Waals surface area contributed by atoms with Crippen LogP contribution >= 0.6 is 0 Å². The van der Waals surface area contributed by atoms with E-state index in [2.05, 4.69) is 27.2 Å². The van der Waals surface area contributed by atoms with Crippen molar-refractivity contribution in [3.63, 3.8) is 0 Å². The lowest BCUT2D eigenvalue weighted by atomic mass is 9.93. The van der Waals surface area contributed by atoms with Crippen LogP contribution in [0.15, 0.2) is 19.0 Å². The van der Waals surface area contributed by atoms with E-state index in [0.717, 1.165) is 23.8 Å². The summed E-state index contributed by atoms with van der Waals surface area (Å²) in [4.78, 5) is 8.65.